The Balaban J connectivity index is 1.35. The first kappa shape index (κ1) is 29.0. The van der Waals surface area contributed by atoms with Crippen molar-refractivity contribution in [2.24, 2.45) is 0 Å². The number of aliphatic hydroxyl groups is 1. The van der Waals surface area contributed by atoms with Crippen molar-refractivity contribution >= 4 is 34.9 Å². The van der Waals surface area contributed by atoms with Crippen LogP contribution in [-0.4, -0.2) is 64.1 Å². The molecule has 0 radical (unpaired) electrons. The third kappa shape index (κ3) is 6.67. The third-order valence-corrected chi connectivity index (χ3v) is 7.48. The SMILES string of the molecule is CN1CCN(c2ccc(Nc3nc(N)nc(-c4cccc(NC(=O)c5ccc(C(C)(C)C)cc5)c4CO)n3)cc2)CC1. The van der Waals surface area contributed by atoms with E-state index in [0.717, 1.165) is 37.4 Å². The summed E-state index contributed by atoms with van der Waals surface area (Å²) in [5.74, 6) is 0.324. The number of amides is 1. The standard InChI is InChI=1S/C32H38N8O2/c1-32(2,3)22-10-8-21(9-11-22)29(42)35-27-7-5-6-25(26(27)20-41)28-36-30(33)38-31(37-28)34-23-12-14-24(15-13-23)40-18-16-39(4)17-19-40/h5-15,41H,16-20H2,1-4H3,(H,35,42)(H3,33,34,36,37,38). The molecule has 0 unspecified atom stereocenters. The average Bonchev–Trinajstić information content (AvgIpc) is 2.97. The molecule has 1 aliphatic rings. The van der Waals surface area contributed by atoms with Crippen molar-refractivity contribution in [3.63, 3.8) is 0 Å². The number of aromatic nitrogens is 3. The maximum atomic E-state index is 13.1. The van der Waals surface area contributed by atoms with Crippen molar-refractivity contribution in [3.05, 3.63) is 83.4 Å². The normalized spacial score (nSPS) is 14.1. The summed E-state index contributed by atoms with van der Waals surface area (Å²) in [5, 5.41) is 16.5. The Morgan fingerprint density at radius 3 is 2.26 bits per heavy atom. The lowest BCUT2D eigenvalue weighted by Gasteiger charge is -2.34. The number of aliphatic hydroxyl groups excluding tert-OH is 1. The van der Waals surface area contributed by atoms with Crippen molar-refractivity contribution in [2.45, 2.75) is 32.8 Å². The number of hydrogen-bond acceptors (Lipinski definition) is 9. The van der Waals surface area contributed by atoms with E-state index in [1.807, 2.05) is 24.3 Å². The monoisotopic (exact) mass is 566 g/mol. The number of carbonyl (C=O) groups excluding carboxylic acids is 1. The van der Waals surface area contributed by atoms with Crippen LogP contribution in [0, 0.1) is 0 Å². The number of hydrogen-bond donors (Lipinski definition) is 4. The molecule has 0 atom stereocenters. The molecule has 10 nitrogen and oxygen atoms in total. The minimum absolute atomic E-state index is 0.0123. The van der Waals surface area contributed by atoms with Gasteiger partial charge in [-0.2, -0.15) is 15.0 Å². The Kier molecular flexibility index (Phi) is 8.37. The second kappa shape index (κ2) is 12.1. The molecule has 42 heavy (non-hydrogen) atoms. The lowest BCUT2D eigenvalue weighted by Crippen LogP contribution is -2.44. The Morgan fingerprint density at radius 1 is 0.929 bits per heavy atom. The van der Waals surface area contributed by atoms with Gasteiger partial charge in [0.15, 0.2) is 5.82 Å². The van der Waals surface area contributed by atoms with E-state index in [0.29, 0.717) is 22.4 Å². The van der Waals surface area contributed by atoms with Crippen molar-refractivity contribution in [3.8, 4) is 11.4 Å². The van der Waals surface area contributed by atoms with E-state index in [2.05, 4.69) is 75.3 Å². The van der Waals surface area contributed by atoms with E-state index in [1.54, 1.807) is 30.3 Å². The second-order valence-corrected chi connectivity index (χ2v) is 11.6. The summed E-state index contributed by atoms with van der Waals surface area (Å²) in [6.07, 6.45) is 0. The van der Waals surface area contributed by atoms with Gasteiger partial charge in [0, 0.05) is 59.9 Å². The van der Waals surface area contributed by atoms with Gasteiger partial charge < -0.3 is 31.3 Å². The average molecular weight is 567 g/mol. The number of rotatable bonds is 7. The minimum Gasteiger partial charge on any atom is -0.392 e. The molecule has 1 amide bonds. The first-order valence-electron chi connectivity index (χ1n) is 14.1. The Bertz CT molecular complexity index is 1540. The van der Waals surface area contributed by atoms with Crippen molar-refractivity contribution in [1.82, 2.24) is 19.9 Å². The lowest BCUT2D eigenvalue weighted by molar-refractivity contribution is 0.102. The van der Waals surface area contributed by atoms with E-state index < -0.39 is 0 Å². The topological polar surface area (TPSA) is 133 Å². The highest BCUT2D eigenvalue weighted by Crippen LogP contribution is 2.30. The number of benzene rings is 3. The van der Waals surface area contributed by atoms with Gasteiger partial charge in [0.1, 0.15) is 0 Å². The van der Waals surface area contributed by atoms with Crippen LogP contribution in [0.25, 0.3) is 11.4 Å². The summed E-state index contributed by atoms with van der Waals surface area (Å²) in [7, 11) is 2.14. The van der Waals surface area contributed by atoms with Crippen molar-refractivity contribution in [2.75, 3.05) is 54.5 Å². The first-order chi connectivity index (χ1) is 20.1. The van der Waals surface area contributed by atoms with E-state index in [4.69, 9.17) is 5.73 Å². The summed E-state index contributed by atoms with van der Waals surface area (Å²) in [6.45, 7) is 10.1. The van der Waals surface area contributed by atoms with E-state index in [-0.39, 0.29) is 35.7 Å². The molecule has 0 aliphatic carbocycles. The molecular weight excluding hydrogens is 528 g/mol. The highest BCUT2D eigenvalue weighted by atomic mass is 16.3. The first-order valence-corrected chi connectivity index (χ1v) is 14.1. The maximum Gasteiger partial charge on any atom is 0.255 e. The molecule has 0 saturated carbocycles. The van der Waals surface area contributed by atoms with Crippen LogP contribution >= 0.6 is 0 Å². The van der Waals surface area contributed by atoms with Gasteiger partial charge in [0.25, 0.3) is 5.91 Å². The van der Waals surface area contributed by atoms with Gasteiger partial charge in [0.2, 0.25) is 11.9 Å². The number of anilines is 5. The molecule has 0 spiro atoms. The zero-order valence-electron chi connectivity index (χ0n) is 24.6. The zero-order valence-corrected chi connectivity index (χ0v) is 24.6. The molecule has 1 saturated heterocycles. The largest absolute Gasteiger partial charge is 0.392 e. The van der Waals surface area contributed by atoms with E-state index in [9.17, 15) is 9.90 Å². The number of carbonyl (C=O) groups is 1. The van der Waals surface area contributed by atoms with Gasteiger partial charge in [0.05, 0.1) is 6.61 Å². The number of nitrogens with one attached hydrogen (secondary N) is 2. The fourth-order valence-electron chi connectivity index (χ4n) is 4.92. The molecular formula is C32H38N8O2. The minimum atomic E-state index is -0.336. The van der Waals surface area contributed by atoms with Crippen molar-refractivity contribution in [1.29, 1.82) is 0 Å². The maximum absolute atomic E-state index is 13.1. The van der Waals surface area contributed by atoms with Crippen LogP contribution in [0.1, 0.15) is 42.3 Å². The van der Waals surface area contributed by atoms with E-state index in [1.165, 1.54) is 5.69 Å². The molecule has 1 aliphatic heterocycles. The summed E-state index contributed by atoms with van der Waals surface area (Å²) in [5.41, 5.74) is 11.2. The third-order valence-electron chi connectivity index (χ3n) is 7.48. The number of nitrogens with two attached hydrogens (primary N) is 1. The van der Waals surface area contributed by atoms with Crippen molar-refractivity contribution < 1.29 is 9.90 Å². The second-order valence-electron chi connectivity index (χ2n) is 11.6. The number of nitrogen functional groups attached to an aromatic ring is 1. The molecule has 3 aromatic carbocycles. The van der Waals surface area contributed by atoms with Gasteiger partial charge >= 0.3 is 0 Å². The summed E-state index contributed by atoms with van der Waals surface area (Å²) in [6, 6.07) is 20.9. The van der Waals surface area contributed by atoms with Crippen LogP contribution < -0.4 is 21.3 Å². The molecule has 4 aromatic rings. The molecule has 2 heterocycles. The predicted molar refractivity (Wildman–Crippen MR) is 168 cm³/mol. The van der Waals surface area contributed by atoms with Crippen LogP contribution in [0.5, 0.6) is 0 Å². The summed E-state index contributed by atoms with van der Waals surface area (Å²) < 4.78 is 0. The number of likely N-dealkylation sites (N-methyl/N-ethyl adjacent to an activating group) is 1. The fraction of sp³-hybridized carbons (Fsp3) is 0.312. The molecule has 1 fully saturated rings. The number of nitrogens with zero attached hydrogens (tertiary/aromatic N) is 5. The van der Waals surface area contributed by atoms with Crippen LogP contribution in [0.15, 0.2) is 66.7 Å². The smallest absolute Gasteiger partial charge is 0.255 e. The van der Waals surface area contributed by atoms with E-state index >= 15 is 0 Å². The Hall–Kier alpha value is -4.54. The van der Waals surface area contributed by atoms with Gasteiger partial charge in [-0.25, -0.2) is 0 Å². The Morgan fingerprint density at radius 2 is 1.62 bits per heavy atom. The van der Waals surface area contributed by atoms with Gasteiger partial charge in [-0.15, -0.1) is 0 Å². The van der Waals surface area contributed by atoms with Crippen LogP contribution in [0.4, 0.5) is 29.0 Å². The zero-order chi connectivity index (χ0) is 29.9. The lowest BCUT2D eigenvalue weighted by atomic mass is 9.86. The fourth-order valence-corrected chi connectivity index (χ4v) is 4.92. The Labute approximate surface area is 246 Å². The summed E-state index contributed by atoms with van der Waals surface area (Å²) in [4.78, 5) is 30.9. The molecule has 1 aromatic heterocycles. The van der Waals surface area contributed by atoms with Gasteiger partial charge in [-0.05, 0) is 60.5 Å². The molecule has 218 valence electrons. The quantitative estimate of drug-likeness (QED) is 0.252. The molecule has 10 heteroatoms. The van der Waals surface area contributed by atoms with Gasteiger partial charge in [-0.3, -0.25) is 4.79 Å². The highest BCUT2D eigenvalue weighted by molar-refractivity contribution is 6.05. The predicted octanol–water partition coefficient (Wildman–Crippen LogP) is 4.66. The van der Waals surface area contributed by atoms with Crippen LogP contribution in [-0.2, 0) is 12.0 Å². The van der Waals surface area contributed by atoms with Crippen LogP contribution in [0.2, 0.25) is 0 Å². The molecule has 0 bridgehead atoms. The summed E-state index contributed by atoms with van der Waals surface area (Å²) >= 11 is 0. The van der Waals surface area contributed by atoms with Gasteiger partial charge in [-0.1, -0.05) is 45.0 Å². The number of piperazine rings is 1. The van der Waals surface area contributed by atoms with Crippen LogP contribution in [0.3, 0.4) is 0 Å². The molecule has 5 N–H and O–H groups in total. The molecule has 5 rings (SSSR count). The highest BCUT2D eigenvalue weighted by Gasteiger charge is 2.18.